The Morgan fingerprint density at radius 3 is 2.20 bits per heavy atom. The van der Waals surface area contributed by atoms with E-state index in [1.165, 1.54) is 16.8 Å². The number of hydrogen-bond donors (Lipinski definition) is 1. The average molecular weight is 350 g/mol. The average Bonchev–Trinajstić information content (AvgIpc) is 2.57. The van der Waals surface area contributed by atoms with Gasteiger partial charge in [-0.15, -0.1) is 0 Å². The van der Waals surface area contributed by atoms with Crippen molar-refractivity contribution < 1.29 is 13.2 Å². The molecule has 0 spiro atoms. The Morgan fingerprint density at radius 2 is 1.60 bits per heavy atom. The molecule has 2 aromatic rings. The lowest BCUT2D eigenvalue weighted by Crippen LogP contribution is -2.47. The van der Waals surface area contributed by atoms with Crippen LogP contribution in [-0.2, 0) is 6.18 Å². The lowest BCUT2D eigenvalue weighted by Gasteiger charge is -2.38. The van der Waals surface area contributed by atoms with E-state index in [0.29, 0.717) is 18.8 Å². The second kappa shape index (κ2) is 6.46. The molecule has 1 aliphatic rings. The van der Waals surface area contributed by atoms with E-state index in [-0.39, 0.29) is 5.82 Å². The van der Waals surface area contributed by atoms with E-state index in [9.17, 15) is 13.2 Å². The third kappa shape index (κ3) is 3.50. The Hall–Kier alpha value is -2.44. The Kier molecular flexibility index (Phi) is 4.49. The first-order chi connectivity index (χ1) is 11.8. The molecule has 4 nitrogen and oxygen atoms in total. The van der Waals surface area contributed by atoms with Gasteiger partial charge in [-0.05, 0) is 37.1 Å². The summed E-state index contributed by atoms with van der Waals surface area (Å²) in [4.78, 5) is 7.86. The minimum Gasteiger partial charge on any atom is -0.382 e. The van der Waals surface area contributed by atoms with Crippen molar-refractivity contribution >= 4 is 17.2 Å². The number of benzene rings is 1. The number of pyridine rings is 1. The number of nitrogens with zero attached hydrogens (tertiary/aromatic N) is 3. The molecule has 0 aliphatic carbocycles. The maximum Gasteiger partial charge on any atom is 0.417 e. The van der Waals surface area contributed by atoms with Gasteiger partial charge in [0, 0.05) is 38.1 Å². The van der Waals surface area contributed by atoms with Gasteiger partial charge in [-0.2, -0.15) is 13.2 Å². The van der Waals surface area contributed by atoms with Crippen LogP contribution >= 0.6 is 0 Å². The molecule has 1 saturated heterocycles. The quantitative estimate of drug-likeness (QED) is 0.898. The molecule has 1 aromatic carbocycles. The highest BCUT2D eigenvalue weighted by Gasteiger charge is 2.32. The van der Waals surface area contributed by atoms with Crippen LogP contribution in [0.1, 0.15) is 16.7 Å². The minimum atomic E-state index is -4.42. The van der Waals surface area contributed by atoms with Crippen LogP contribution in [0.3, 0.4) is 0 Å². The molecule has 1 aromatic heterocycles. The molecular weight excluding hydrogens is 329 g/mol. The SMILES string of the molecule is Cc1cccc(N2CCN(c3cc(C(F)(F)F)cnc3N)CC2)c1C. The molecule has 2 heterocycles. The summed E-state index contributed by atoms with van der Waals surface area (Å²) >= 11 is 0. The van der Waals surface area contributed by atoms with Crippen LogP contribution in [0.15, 0.2) is 30.5 Å². The Morgan fingerprint density at radius 1 is 1.00 bits per heavy atom. The van der Waals surface area contributed by atoms with E-state index in [4.69, 9.17) is 5.73 Å². The number of halogens is 3. The number of anilines is 3. The van der Waals surface area contributed by atoms with Gasteiger partial charge < -0.3 is 15.5 Å². The lowest BCUT2D eigenvalue weighted by atomic mass is 10.1. The lowest BCUT2D eigenvalue weighted by molar-refractivity contribution is -0.137. The summed E-state index contributed by atoms with van der Waals surface area (Å²) in [5, 5.41) is 0. The second-order valence-electron chi connectivity index (χ2n) is 6.32. The van der Waals surface area contributed by atoms with Crippen LogP contribution in [0.25, 0.3) is 0 Å². The monoisotopic (exact) mass is 350 g/mol. The normalized spacial score (nSPS) is 15.6. The van der Waals surface area contributed by atoms with Gasteiger partial charge in [0.25, 0.3) is 0 Å². The molecule has 1 fully saturated rings. The highest BCUT2D eigenvalue weighted by atomic mass is 19.4. The van der Waals surface area contributed by atoms with Gasteiger partial charge in [0.15, 0.2) is 0 Å². The highest BCUT2D eigenvalue weighted by molar-refractivity contribution is 5.66. The number of aromatic nitrogens is 1. The first-order valence-electron chi connectivity index (χ1n) is 8.16. The summed E-state index contributed by atoms with van der Waals surface area (Å²) in [6.45, 7) is 6.80. The topological polar surface area (TPSA) is 45.4 Å². The van der Waals surface area contributed by atoms with Gasteiger partial charge in [0.1, 0.15) is 5.82 Å². The first kappa shape index (κ1) is 17.4. The highest BCUT2D eigenvalue weighted by Crippen LogP contribution is 2.34. The number of rotatable bonds is 2. The third-order valence-corrected chi connectivity index (χ3v) is 4.76. The van der Waals surface area contributed by atoms with Gasteiger partial charge in [-0.3, -0.25) is 0 Å². The molecule has 0 amide bonds. The number of piperazine rings is 1. The molecule has 0 saturated carbocycles. The number of alkyl halides is 3. The zero-order valence-corrected chi connectivity index (χ0v) is 14.3. The molecular formula is C18H21F3N4. The molecule has 3 rings (SSSR count). The summed E-state index contributed by atoms with van der Waals surface area (Å²) in [5.41, 5.74) is 9.04. The van der Waals surface area contributed by atoms with Gasteiger partial charge >= 0.3 is 6.18 Å². The Balaban J connectivity index is 1.78. The first-order valence-corrected chi connectivity index (χ1v) is 8.16. The predicted molar refractivity (Wildman–Crippen MR) is 94.0 cm³/mol. The Labute approximate surface area is 145 Å². The van der Waals surface area contributed by atoms with Crippen molar-refractivity contribution in [2.75, 3.05) is 41.7 Å². The van der Waals surface area contributed by atoms with Gasteiger partial charge in [0.05, 0.1) is 11.3 Å². The number of aryl methyl sites for hydroxylation is 1. The maximum absolute atomic E-state index is 12.9. The van der Waals surface area contributed by atoms with Crippen molar-refractivity contribution in [3.63, 3.8) is 0 Å². The fourth-order valence-electron chi connectivity index (χ4n) is 3.14. The molecule has 0 unspecified atom stereocenters. The van der Waals surface area contributed by atoms with Crippen LogP contribution in [0.5, 0.6) is 0 Å². The second-order valence-corrected chi connectivity index (χ2v) is 6.32. The fraction of sp³-hybridized carbons (Fsp3) is 0.389. The number of nitrogens with two attached hydrogens (primary N) is 1. The maximum atomic E-state index is 12.9. The smallest absolute Gasteiger partial charge is 0.382 e. The molecule has 2 N–H and O–H groups in total. The van der Waals surface area contributed by atoms with Crippen molar-refractivity contribution in [2.45, 2.75) is 20.0 Å². The van der Waals surface area contributed by atoms with Crippen LogP contribution in [0, 0.1) is 13.8 Å². The van der Waals surface area contributed by atoms with Crippen molar-refractivity contribution in [1.82, 2.24) is 4.98 Å². The molecule has 1 aliphatic heterocycles. The minimum absolute atomic E-state index is 0.133. The Bertz CT molecular complexity index is 765. The van der Waals surface area contributed by atoms with Crippen LogP contribution < -0.4 is 15.5 Å². The molecule has 134 valence electrons. The molecule has 7 heteroatoms. The molecule has 25 heavy (non-hydrogen) atoms. The summed E-state index contributed by atoms with van der Waals surface area (Å²) < 4.78 is 38.8. The van der Waals surface area contributed by atoms with Crippen molar-refractivity contribution in [3.05, 3.63) is 47.2 Å². The van der Waals surface area contributed by atoms with Crippen LogP contribution in [-0.4, -0.2) is 31.2 Å². The van der Waals surface area contributed by atoms with Crippen molar-refractivity contribution in [3.8, 4) is 0 Å². The molecule has 0 bridgehead atoms. The predicted octanol–water partition coefficient (Wildman–Crippen LogP) is 3.63. The number of nitrogen functional groups attached to an aromatic ring is 1. The zero-order chi connectivity index (χ0) is 18.2. The summed E-state index contributed by atoms with van der Waals surface area (Å²) in [5.74, 6) is 0.133. The van der Waals surface area contributed by atoms with Crippen molar-refractivity contribution in [2.24, 2.45) is 0 Å². The van der Waals surface area contributed by atoms with E-state index < -0.39 is 11.7 Å². The fourth-order valence-corrected chi connectivity index (χ4v) is 3.14. The van der Waals surface area contributed by atoms with E-state index in [0.717, 1.165) is 25.4 Å². The van der Waals surface area contributed by atoms with Crippen LogP contribution in [0.4, 0.5) is 30.4 Å². The molecule has 0 radical (unpaired) electrons. The van der Waals surface area contributed by atoms with Gasteiger partial charge in [0.2, 0.25) is 0 Å². The van der Waals surface area contributed by atoms with E-state index in [1.54, 1.807) is 0 Å². The van der Waals surface area contributed by atoms with E-state index >= 15 is 0 Å². The van der Waals surface area contributed by atoms with Crippen molar-refractivity contribution in [1.29, 1.82) is 0 Å². The van der Waals surface area contributed by atoms with Gasteiger partial charge in [-0.25, -0.2) is 4.98 Å². The largest absolute Gasteiger partial charge is 0.417 e. The third-order valence-electron chi connectivity index (χ3n) is 4.76. The van der Waals surface area contributed by atoms with E-state index in [2.05, 4.69) is 35.9 Å². The standard InChI is InChI=1S/C18H21F3N4/c1-12-4-3-5-15(13(12)2)24-6-8-25(9-7-24)16-10-14(18(19,20)21)11-23-17(16)22/h3-5,10-11H,6-9H2,1-2H3,(H2,22,23). The van der Waals surface area contributed by atoms with Crippen LogP contribution in [0.2, 0.25) is 0 Å². The summed E-state index contributed by atoms with van der Waals surface area (Å²) in [6.07, 6.45) is -3.64. The molecule has 0 atom stereocenters. The summed E-state index contributed by atoms with van der Waals surface area (Å²) in [7, 11) is 0. The van der Waals surface area contributed by atoms with Gasteiger partial charge in [-0.1, -0.05) is 12.1 Å². The summed E-state index contributed by atoms with van der Waals surface area (Å²) in [6, 6.07) is 7.27. The number of hydrogen-bond acceptors (Lipinski definition) is 4. The zero-order valence-electron chi connectivity index (χ0n) is 14.3. The van der Waals surface area contributed by atoms with E-state index in [1.807, 2.05) is 11.0 Å².